The monoisotopic (exact) mass is 440 g/mol. The van der Waals surface area contributed by atoms with Gasteiger partial charge in [-0.15, -0.1) is 0 Å². The van der Waals surface area contributed by atoms with Crippen LogP contribution >= 0.6 is 15.9 Å². The summed E-state index contributed by atoms with van der Waals surface area (Å²) in [5.74, 6) is 0.296. The molecule has 0 fully saturated rings. The van der Waals surface area contributed by atoms with E-state index >= 15 is 0 Å². The van der Waals surface area contributed by atoms with Crippen molar-refractivity contribution in [2.45, 2.75) is 0 Å². The number of ether oxygens (including phenoxy) is 1. The lowest BCUT2D eigenvalue weighted by Gasteiger charge is -2.13. The Morgan fingerprint density at radius 2 is 1.86 bits per heavy atom. The minimum atomic E-state index is -0.326. The molecule has 0 saturated heterocycles. The Bertz CT molecular complexity index is 947. The summed E-state index contributed by atoms with van der Waals surface area (Å²) in [6.45, 7) is -0.105. The van der Waals surface area contributed by atoms with E-state index in [0.29, 0.717) is 5.75 Å². The van der Waals surface area contributed by atoms with Crippen LogP contribution in [0.4, 0.5) is 5.69 Å². The molecule has 144 valence electrons. The summed E-state index contributed by atoms with van der Waals surface area (Å²) in [5, 5.41) is 4.03. The second-order valence-electron chi connectivity index (χ2n) is 6.25. The van der Waals surface area contributed by atoms with Crippen LogP contribution in [0.1, 0.15) is 5.69 Å². The van der Waals surface area contributed by atoms with Crippen LogP contribution in [0.15, 0.2) is 76.4 Å². The van der Waals surface area contributed by atoms with Gasteiger partial charge in [-0.2, -0.15) is 5.10 Å². The van der Waals surface area contributed by atoms with Crippen molar-refractivity contribution in [2.75, 3.05) is 25.6 Å². The molecule has 3 rings (SSSR count). The minimum absolute atomic E-state index is 0.105. The average Bonchev–Trinajstić information content (AvgIpc) is 3.16. The molecular weight excluding hydrogens is 420 g/mol. The zero-order valence-electron chi connectivity index (χ0n) is 15.7. The molecule has 0 aliphatic heterocycles. The van der Waals surface area contributed by atoms with Gasteiger partial charge in [-0.3, -0.25) is 4.79 Å². The third kappa shape index (κ3) is 5.23. The van der Waals surface area contributed by atoms with E-state index in [9.17, 15) is 4.79 Å². The molecule has 0 atom stereocenters. The molecule has 0 unspecified atom stereocenters. The van der Waals surface area contributed by atoms with E-state index in [1.165, 1.54) is 0 Å². The summed E-state index contributed by atoms with van der Waals surface area (Å²) >= 11 is 3.35. The van der Waals surface area contributed by atoms with Crippen LogP contribution in [0.5, 0.6) is 5.75 Å². The van der Waals surface area contributed by atoms with Crippen molar-refractivity contribution in [3.05, 3.63) is 77.0 Å². The number of carbonyl (C=O) groups is 1. The number of benzene rings is 2. The van der Waals surface area contributed by atoms with E-state index in [0.717, 1.165) is 21.5 Å². The molecule has 0 spiro atoms. The summed E-state index contributed by atoms with van der Waals surface area (Å²) in [6.07, 6.45) is 3.56. The van der Waals surface area contributed by atoms with Crippen molar-refractivity contribution in [1.82, 2.24) is 9.99 Å². The highest BCUT2D eigenvalue weighted by Gasteiger charge is 2.04. The van der Waals surface area contributed by atoms with Gasteiger partial charge >= 0.3 is 0 Å². The molecule has 1 aromatic heterocycles. The van der Waals surface area contributed by atoms with E-state index in [-0.39, 0.29) is 12.5 Å². The van der Waals surface area contributed by atoms with Gasteiger partial charge in [0.2, 0.25) is 0 Å². The summed E-state index contributed by atoms with van der Waals surface area (Å²) in [5.41, 5.74) is 5.48. The Morgan fingerprint density at radius 1 is 1.14 bits per heavy atom. The maximum atomic E-state index is 11.9. The van der Waals surface area contributed by atoms with Gasteiger partial charge in [-0.1, -0.05) is 15.9 Å². The molecule has 1 amide bonds. The molecule has 6 nitrogen and oxygen atoms in total. The fraction of sp³-hybridized carbons (Fsp3) is 0.143. The number of halogens is 1. The number of rotatable bonds is 7. The predicted octanol–water partition coefficient (Wildman–Crippen LogP) is 3.83. The number of nitrogens with zero attached hydrogens (tertiary/aromatic N) is 3. The smallest absolute Gasteiger partial charge is 0.277 e. The Morgan fingerprint density at radius 3 is 2.54 bits per heavy atom. The lowest BCUT2D eigenvalue weighted by molar-refractivity contribution is -0.123. The van der Waals surface area contributed by atoms with E-state index in [4.69, 9.17) is 4.74 Å². The lowest BCUT2D eigenvalue weighted by atomic mass is 10.2. The first kappa shape index (κ1) is 19.7. The van der Waals surface area contributed by atoms with Crippen LogP contribution in [0.3, 0.4) is 0 Å². The van der Waals surface area contributed by atoms with Crippen molar-refractivity contribution in [3.8, 4) is 11.4 Å². The van der Waals surface area contributed by atoms with Crippen LogP contribution in [0, 0.1) is 0 Å². The zero-order valence-corrected chi connectivity index (χ0v) is 17.3. The van der Waals surface area contributed by atoms with Gasteiger partial charge < -0.3 is 14.2 Å². The van der Waals surface area contributed by atoms with Gasteiger partial charge in [0.1, 0.15) is 5.75 Å². The van der Waals surface area contributed by atoms with Crippen LogP contribution < -0.4 is 15.1 Å². The average molecular weight is 441 g/mol. The number of hydrazone groups is 1. The van der Waals surface area contributed by atoms with Crippen molar-refractivity contribution in [1.29, 1.82) is 0 Å². The van der Waals surface area contributed by atoms with E-state index < -0.39 is 0 Å². The Kier molecular flexibility index (Phi) is 6.49. The predicted molar refractivity (Wildman–Crippen MR) is 115 cm³/mol. The molecule has 0 radical (unpaired) electrons. The molecule has 0 aliphatic carbocycles. The number of aromatic nitrogens is 1. The highest BCUT2D eigenvalue weighted by molar-refractivity contribution is 9.10. The number of carbonyl (C=O) groups excluding carboxylic acids is 1. The van der Waals surface area contributed by atoms with Gasteiger partial charge in [0, 0.05) is 36.1 Å². The second kappa shape index (κ2) is 9.23. The highest BCUT2D eigenvalue weighted by atomic mass is 79.9. The molecule has 1 N–H and O–H groups in total. The molecule has 28 heavy (non-hydrogen) atoms. The van der Waals surface area contributed by atoms with Crippen LogP contribution in [0.2, 0.25) is 0 Å². The fourth-order valence-electron chi connectivity index (χ4n) is 2.53. The first-order valence-corrected chi connectivity index (χ1v) is 9.47. The molecule has 0 bridgehead atoms. The summed E-state index contributed by atoms with van der Waals surface area (Å²) < 4.78 is 8.36. The lowest BCUT2D eigenvalue weighted by Crippen LogP contribution is -2.24. The first-order chi connectivity index (χ1) is 13.5. The van der Waals surface area contributed by atoms with E-state index in [2.05, 4.69) is 38.6 Å². The third-order valence-electron chi connectivity index (χ3n) is 3.99. The molecule has 1 heterocycles. The number of nitrogens with one attached hydrogen (secondary N) is 1. The van der Waals surface area contributed by atoms with Crippen molar-refractivity contribution in [2.24, 2.45) is 5.10 Å². The fourth-order valence-corrected chi connectivity index (χ4v) is 2.79. The quantitative estimate of drug-likeness (QED) is 0.448. The summed E-state index contributed by atoms with van der Waals surface area (Å²) in [4.78, 5) is 13.9. The van der Waals surface area contributed by atoms with Crippen molar-refractivity contribution < 1.29 is 9.53 Å². The van der Waals surface area contributed by atoms with Crippen LogP contribution in [-0.2, 0) is 4.79 Å². The van der Waals surface area contributed by atoms with Gasteiger partial charge in [0.05, 0.1) is 11.9 Å². The SMILES string of the molecule is CN(C)c1ccc(-n2cccc2C=NNC(=O)COc2ccc(Br)cc2)cc1. The number of hydrogen-bond donors (Lipinski definition) is 1. The maximum Gasteiger partial charge on any atom is 0.277 e. The van der Waals surface area contributed by atoms with Gasteiger partial charge in [0.15, 0.2) is 6.61 Å². The molecule has 0 aliphatic rings. The summed E-state index contributed by atoms with van der Waals surface area (Å²) in [6, 6.07) is 19.3. The Hall–Kier alpha value is -3.06. The molecule has 2 aromatic carbocycles. The van der Waals surface area contributed by atoms with E-state index in [1.54, 1.807) is 18.3 Å². The minimum Gasteiger partial charge on any atom is -0.484 e. The number of amides is 1. The van der Waals surface area contributed by atoms with Crippen molar-refractivity contribution >= 4 is 33.7 Å². The Balaban J connectivity index is 1.57. The van der Waals surface area contributed by atoms with Gasteiger partial charge in [0.25, 0.3) is 5.91 Å². The van der Waals surface area contributed by atoms with Crippen LogP contribution in [0.25, 0.3) is 5.69 Å². The first-order valence-electron chi connectivity index (χ1n) is 8.68. The zero-order chi connectivity index (χ0) is 19.9. The maximum absolute atomic E-state index is 11.9. The standard InChI is InChI=1S/C21H21BrN4O2/c1-25(2)17-7-9-18(10-8-17)26-13-3-4-19(26)14-23-24-21(27)15-28-20-11-5-16(22)6-12-20/h3-14H,15H2,1-2H3,(H,24,27). The van der Waals surface area contributed by atoms with E-state index in [1.807, 2.05) is 66.2 Å². The van der Waals surface area contributed by atoms with Crippen LogP contribution in [-0.4, -0.2) is 37.4 Å². The summed E-state index contributed by atoms with van der Waals surface area (Å²) in [7, 11) is 4.01. The largest absolute Gasteiger partial charge is 0.484 e. The number of hydrogen-bond acceptors (Lipinski definition) is 4. The number of anilines is 1. The highest BCUT2D eigenvalue weighted by Crippen LogP contribution is 2.17. The normalized spacial score (nSPS) is 10.8. The van der Waals surface area contributed by atoms with Gasteiger partial charge in [-0.25, -0.2) is 5.43 Å². The Labute approximate surface area is 172 Å². The van der Waals surface area contributed by atoms with Gasteiger partial charge in [-0.05, 0) is 60.7 Å². The molecule has 3 aromatic rings. The third-order valence-corrected chi connectivity index (χ3v) is 4.52. The van der Waals surface area contributed by atoms with Crippen molar-refractivity contribution in [3.63, 3.8) is 0 Å². The topological polar surface area (TPSA) is 58.9 Å². The molecule has 7 heteroatoms. The second-order valence-corrected chi connectivity index (χ2v) is 7.17. The molecule has 0 saturated carbocycles. The molecular formula is C21H21BrN4O2.